The van der Waals surface area contributed by atoms with Crippen molar-refractivity contribution in [1.29, 1.82) is 0 Å². The molecule has 2 N–H and O–H groups in total. The van der Waals surface area contributed by atoms with Crippen molar-refractivity contribution in [3.8, 4) is 0 Å². The maximum atomic E-state index is 10.7. The summed E-state index contributed by atoms with van der Waals surface area (Å²) in [4.78, 5) is 10.7. The van der Waals surface area contributed by atoms with E-state index in [0.29, 0.717) is 12.8 Å². The van der Waals surface area contributed by atoms with Gasteiger partial charge in [-0.15, -0.1) is 0 Å². The molecule has 0 aliphatic carbocycles. The standard InChI is InChI=1S/C7H15NO4S/c1-3-4-5-7(2,6(9)10)8-13(11)12/h8H,3-5H2,1-2H3,(H,9,10)(H,11,12)/p-1. The number of carbonyl (C=O) groups is 1. The normalized spacial score (nSPS) is 17.8. The fourth-order valence-electron chi connectivity index (χ4n) is 0.916. The predicted molar refractivity (Wildman–Crippen MR) is 47.6 cm³/mol. The molecule has 0 amide bonds. The number of rotatable bonds is 6. The van der Waals surface area contributed by atoms with E-state index in [1.165, 1.54) is 6.92 Å². The molecule has 13 heavy (non-hydrogen) atoms. The number of aliphatic carboxylic acids is 1. The molecular weight excluding hydrogens is 194 g/mol. The SMILES string of the molecule is CCCCC(C)(NS(=O)[O-])C(=O)O. The van der Waals surface area contributed by atoms with Crippen LogP contribution in [0.1, 0.15) is 33.1 Å². The maximum absolute atomic E-state index is 10.7. The second kappa shape index (κ2) is 5.31. The average Bonchev–Trinajstić information content (AvgIpc) is 1.99. The van der Waals surface area contributed by atoms with Crippen LogP contribution in [0.3, 0.4) is 0 Å². The van der Waals surface area contributed by atoms with Crippen LogP contribution in [-0.4, -0.2) is 25.4 Å². The van der Waals surface area contributed by atoms with Gasteiger partial charge >= 0.3 is 5.97 Å². The number of hydrogen-bond donors (Lipinski definition) is 2. The Morgan fingerprint density at radius 1 is 1.69 bits per heavy atom. The molecule has 0 heterocycles. The number of nitrogens with one attached hydrogen (secondary N) is 1. The van der Waals surface area contributed by atoms with Gasteiger partial charge in [0.1, 0.15) is 5.54 Å². The molecule has 78 valence electrons. The van der Waals surface area contributed by atoms with Gasteiger partial charge in [0.15, 0.2) is 0 Å². The molecular formula is C7H14NO4S-. The zero-order chi connectivity index (χ0) is 10.5. The molecule has 0 radical (unpaired) electrons. The predicted octanol–water partition coefficient (Wildman–Crippen LogP) is 0.404. The Labute approximate surface area is 79.9 Å². The highest BCUT2D eigenvalue weighted by Crippen LogP contribution is 2.14. The van der Waals surface area contributed by atoms with Crippen molar-refractivity contribution in [2.45, 2.75) is 38.6 Å². The molecule has 0 fully saturated rings. The lowest BCUT2D eigenvalue weighted by atomic mass is 9.97. The summed E-state index contributed by atoms with van der Waals surface area (Å²) >= 11 is -2.54. The van der Waals surface area contributed by atoms with Gasteiger partial charge in [-0.05, 0) is 13.3 Å². The highest BCUT2D eigenvalue weighted by molar-refractivity contribution is 7.77. The van der Waals surface area contributed by atoms with Crippen molar-refractivity contribution in [3.05, 3.63) is 0 Å². The van der Waals surface area contributed by atoms with E-state index in [1.807, 2.05) is 11.6 Å². The van der Waals surface area contributed by atoms with Crippen molar-refractivity contribution >= 4 is 17.2 Å². The largest absolute Gasteiger partial charge is 0.760 e. The molecule has 0 saturated carbocycles. The zero-order valence-electron chi connectivity index (χ0n) is 7.70. The molecule has 6 heteroatoms. The van der Waals surface area contributed by atoms with Crippen LogP contribution in [0.2, 0.25) is 0 Å². The second-order valence-corrected chi connectivity index (χ2v) is 3.75. The van der Waals surface area contributed by atoms with Crippen LogP contribution < -0.4 is 4.72 Å². The highest BCUT2D eigenvalue weighted by atomic mass is 32.2. The molecule has 2 atom stereocenters. The summed E-state index contributed by atoms with van der Waals surface area (Å²) in [7, 11) is 0. The molecule has 0 spiro atoms. The van der Waals surface area contributed by atoms with E-state index < -0.39 is 22.8 Å². The summed E-state index contributed by atoms with van der Waals surface area (Å²) in [5.74, 6) is -1.15. The van der Waals surface area contributed by atoms with Gasteiger partial charge in [0.25, 0.3) is 0 Å². The van der Waals surface area contributed by atoms with Gasteiger partial charge in [-0.3, -0.25) is 9.00 Å². The summed E-state index contributed by atoms with van der Waals surface area (Å²) in [6.45, 7) is 3.28. The minimum absolute atomic E-state index is 0.298. The van der Waals surface area contributed by atoms with Crippen LogP contribution in [0, 0.1) is 0 Å². The van der Waals surface area contributed by atoms with Gasteiger partial charge in [0, 0.05) is 11.3 Å². The Kier molecular flexibility index (Phi) is 5.12. The van der Waals surface area contributed by atoms with E-state index >= 15 is 0 Å². The van der Waals surface area contributed by atoms with Crippen molar-refractivity contribution in [1.82, 2.24) is 4.72 Å². The fourth-order valence-corrected chi connectivity index (χ4v) is 1.47. The molecule has 0 aromatic heterocycles. The molecule has 5 nitrogen and oxygen atoms in total. The summed E-state index contributed by atoms with van der Waals surface area (Å²) in [5.41, 5.74) is -1.37. The lowest BCUT2D eigenvalue weighted by molar-refractivity contribution is -0.143. The quantitative estimate of drug-likeness (QED) is 0.618. The van der Waals surface area contributed by atoms with Gasteiger partial charge in [0.2, 0.25) is 0 Å². The zero-order valence-corrected chi connectivity index (χ0v) is 8.52. The van der Waals surface area contributed by atoms with Gasteiger partial charge in [-0.25, -0.2) is 4.72 Å². The lowest BCUT2D eigenvalue weighted by Gasteiger charge is -2.26. The lowest BCUT2D eigenvalue weighted by Crippen LogP contribution is -2.50. The van der Waals surface area contributed by atoms with Crippen LogP contribution in [0.15, 0.2) is 0 Å². The second-order valence-electron chi connectivity index (χ2n) is 3.08. The minimum Gasteiger partial charge on any atom is -0.760 e. The summed E-state index contributed by atoms with van der Waals surface area (Å²) in [6, 6.07) is 0. The van der Waals surface area contributed by atoms with Gasteiger partial charge < -0.3 is 9.66 Å². The van der Waals surface area contributed by atoms with Crippen molar-refractivity contribution in [3.63, 3.8) is 0 Å². The van der Waals surface area contributed by atoms with Crippen molar-refractivity contribution in [2.75, 3.05) is 0 Å². The number of unbranched alkanes of at least 4 members (excludes halogenated alkanes) is 1. The van der Waals surface area contributed by atoms with Crippen molar-refractivity contribution in [2.24, 2.45) is 0 Å². The summed E-state index contributed by atoms with van der Waals surface area (Å²) in [6.07, 6.45) is 1.80. The number of hydrogen-bond acceptors (Lipinski definition) is 3. The summed E-state index contributed by atoms with van der Waals surface area (Å²) < 4.78 is 22.6. The fraction of sp³-hybridized carbons (Fsp3) is 0.857. The van der Waals surface area contributed by atoms with Gasteiger partial charge in [-0.2, -0.15) is 0 Å². The Balaban J connectivity index is 4.34. The molecule has 0 rings (SSSR count). The third-order valence-corrected chi connectivity index (χ3v) is 2.43. The van der Waals surface area contributed by atoms with Crippen molar-refractivity contribution < 1.29 is 18.7 Å². The Hall–Kier alpha value is -0.460. The maximum Gasteiger partial charge on any atom is 0.324 e. The molecule has 0 aromatic carbocycles. The molecule has 0 saturated heterocycles. The number of carboxylic acids is 1. The minimum atomic E-state index is -2.54. The average molecular weight is 208 g/mol. The van der Waals surface area contributed by atoms with Gasteiger partial charge in [-0.1, -0.05) is 19.8 Å². The summed E-state index contributed by atoms with van der Waals surface area (Å²) in [5, 5.41) is 8.77. The number of carboxylic acid groups (broad SMARTS) is 1. The molecule has 2 unspecified atom stereocenters. The Bertz CT molecular complexity index is 209. The molecule has 0 aliphatic rings. The first-order valence-corrected chi connectivity index (χ1v) is 5.10. The van der Waals surface area contributed by atoms with E-state index in [4.69, 9.17) is 5.11 Å². The monoisotopic (exact) mass is 208 g/mol. The van der Waals surface area contributed by atoms with Crippen LogP contribution >= 0.6 is 0 Å². The first-order chi connectivity index (χ1) is 5.92. The van der Waals surface area contributed by atoms with Gasteiger partial charge in [0.05, 0.1) is 0 Å². The van der Waals surface area contributed by atoms with Crippen LogP contribution in [0.5, 0.6) is 0 Å². The van der Waals surface area contributed by atoms with E-state index in [-0.39, 0.29) is 0 Å². The Morgan fingerprint density at radius 3 is 2.54 bits per heavy atom. The molecule has 0 aliphatic heterocycles. The van der Waals surface area contributed by atoms with Crippen LogP contribution in [-0.2, 0) is 16.1 Å². The first-order valence-electron chi connectivity index (χ1n) is 4.03. The van der Waals surface area contributed by atoms with E-state index in [2.05, 4.69) is 0 Å². The Morgan fingerprint density at radius 2 is 2.23 bits per heavy atom. The third-order valence-electron chi connectivity index (χ3n) is 1.81. The molecule has 0 bridgehead atoms. The highest BCUT2D eigenvalue weighted by Gasteiger charge is 2.32. The first kappa shape index (κ1) is 12.5. The molecule has 0 aromatic rings. The van der Waals surface area contributed by atoms with E-state index in [0.717, 1.165) is 6.42 Å². The smallest absolute Gasteiger partial charge is 0.324 e. The van der Waals surface area contributed by atoms with Crippen LogP contribution in [0.25, 0.3) is 0 Å². The van der Waals surface area contributed by atoms with E-state index in [9.17, 15) is 13.6 Å². The van der Waals surface area contributed by atoms with Crippen LogP contribution in [0.4, 0.5) is 0 Å². The topological polar surface area (TPSA) is 89.5 Å². The van der Waals surface area contributed by atoms with E-state index in [1.54, 1.807) is 0 Å². The third kappa shape index (κ3) is 4.35.